The second-order valence-corrected chi connectivity index (χ2v) is 8.15. The van der Waals surface area contributed by atoms with Gasteiger partial charge in [-0.1, -0.05) is 49.4 Å². The second-order valence-electron chi connectivity index (χ2n) is 7.14. The van der Waals surface area contributed by atoms with Gasteiger partial charge in [0.2, 0.25) is 5.13 Å². The van der Waals surface area contributed by atoms with Gasteiger partial charge in [0, 0.05) is 5.92 Å². The van der Waals surface area contributed by atoms with Gasteiger partial charge in [0.15, 0.2) is 11.5 Å². The zero-order valence-electron chi connectivity index (χ0n) is 18.6. The van der Waals surface area contributed by atoms with Crippen LogP contribution in [0.3, 0.4) is 0 Å². The van der Waals surface area contributed by atoms with Crippen molar-refractivity contribution in [1.29, 1.82) is 5.26 Å². The standard InChI is InChI=1S/C24H24N4O4S/c1-16(2)23-27-28-24(33-23)26-22(29)18(15-25)14-17-8-10-19(11-9-17)31-12-13-32-21-7-5-4-6-20(21)30-3/h4-11,14,16H,12-13H2,1-3H3,(H,26,28,29)/b18-14-. The van der Waals surface area contributed by atoms with Crippen molar-refractivity contribution < 1.29 is 19.0 Å². The average molecular weight is 465 g/mol. The Morgan fingerprint density at radius 3 is 2.42 bits per heavy atom. The Morgan fingerprint density at radius 1 is 1.09 bits per heavy atom. The predicted octanol–water partition coefficient (Wildman–Crippen LogP) is 4.67. The maximum atomic E-state index is 12.4. The van der Waals surface area contributed by atoms with E-state index in [1.165, 1.54) is 17.4 Å². The van der Waals surface area contributed by atoms with Crippen LogP contribution in [0.4, 0.5) is 5.13 Å². The molecule has 0 fully saturated rings. The number of nitrogens with zero attached hydrogens (tertiary/aromatic N) is 3. The van der Waals surface area contributed by atoms with Crippen molar-refractivity contribution >= 4 is 28.5 Å². The Kier molecular flexibility index (Phi) is 8.38. The molecule has 2 aromatic carbocycles. The zero-order chi connectivity index (χ0) is 23.6. The number of methoxy groups -OCH3 is 1. The highest BCUT2D eigenvalue weighted by atomic mass is 32.1. The summed E-state index contributed by atoms with van der Waals surface area (Å²) in [4.78, 5) is 12.4. The lowest BCUT2D eigenvalue weighted by molar-refractivity contribution is -0.112. The highest BCUT2D eigenvalue weighted by Gasteiger charge is 2.14. The molecular formula is C24H24N4O4S. The number of carbonyl (C=O) groups is 1. The molecular weight excluding hydrogens is 440 g/mol. The predicted molar refractivity (Wildman–Crippen MR) is 127 cm³/mol. The summed E-state index contributed by atoms with van der Waals surface area (Å²) in [6.07, 6.45) is 1.51. The number of nitrogens with one attached hydrogen (secondary N) is 1. The van der Waals surface area contributed by atoms with Gasteiger partial charge in [-0.05, 0) is 35.9 Å². The maximum Gasteiger partial charge on any atom is 0.268 e. The molecule has 0 spiro atoms. The molecule has 0 atom stereocenters. The van der Waals surface area contributed by atoms with Gasteiger partial charge in [-0.15, -0.1) is 10.2 Å². The van der Waals surface area contributed by atoms with E-state index < -0.39 is 5.91 Å². The summed E-state index contributed by atoms with van der Waals surface area (Å²) in [6.45, 7) is 4.69. The Hall–Kier alpha value is -3.90. The number of hydrogen-bond acceptors (Lipinski definition) is 8. The molecule has 0 aliphatic rings. The Labute approximate surface area is 196 Å². The highest BCUT2D eigenvalue weighted by molar-refractivity contribution is 7.15. The van der Waals surface area contributed by atoms with Gasteiger partial charge in [-0.25, -0.2) is 0 Å². The summed E-state index contributed by atoms with van der Waals surface area (Å²) in [5.74, 6) is 1.65. The van der Waals surface area contributed by atoms with Crippen LogP contribution < -0.4 is 19.5 Å². The van der Waals surface area contributed by atoms with E-state index in [4.69, 9.17) is 14.2 Å². The quantitative estimate of drug-likeness (QED) is 0.264. The van der Waals surface area contributed by atoms with E-state index in [0.29, 0.717) is 41.2 Å². The van der Waals surface area contributed by atoms with Gasteiger partial charge in [0.05, 0.1) is 7.11 Å². The fourth-order valence-corrected chi connectivity index (χ4v) is 3.45. The molecule has 0 aliphatic heterocycles. The van der Waals surface area contributed by atoms with Crippen molar-refractivity contribution in [1.82, 2.24) is 10.2 Å². The van der Waals surface area contributed by atoms with Crippen molar-refractivity contribution in [2.75, 3.05) is 25.6 Å². The van der Waals surface area contributed by atoms with Crippen LogP contribution in [0.15, 0.2) is 54.1 Å². The first-order valence-electron chi connectivity index (χ1n) is 10.3. The van der Waals surface area contributed by atoms with Crippen LogP contribution >= 0.6 is 11.3 Å². The fraction of sp³-hybridized carbons (Fsp3) is 0.250. The van der Waals surface area contributed by atoms with Crippen molar-refractivity contribution in [3.05, 3.63) is 64.7 Å². The van der Waals surface area contributed by atoms with Crippen molar-refractivity contribution in [3.63, 3.8) is 0 Å². The summed E-state index contributed by atoms with van der Waals surface area (Å²) >= 11 is 1.29. The van der Waals surface area contributed by atoms with Crippen molar-refractivity contribution in [2.45, 2.75) is 19.8 Å². The molecule has 1 amide bonds. The van der Waals surface area contributed by atoms with Crippen LogP contribution in [0.25, 0.3) is 6.08 Å². The lowest BCUT2D eigenvalue weighted by Crippen LogP contribution is -2.13. The van der Waals surface area contributed by atoms with Crippen LogP contribution in [0.2, 0.25) is 0 Å². The largest absolute Gasteiger partial charge is 0.493 e. The van der Waals surface area contributed by atoms with E-state index in [9.17, 15) is 10.1 Å². The first-order valence-corrected chi connectivity index (χ1v) is 11.1. The van der Waals surface area contributed by atoms with Crippen LogP contribution in [0.1, 0.15) is 30.3 Å². The molecule has 8 nitrogen and oxygen atoms in total. The van der Waals surface area contributed by atoms with Gasteiger partial charge >= 0.3 is 0 Å². The lowest BCUT2D eigenvalue weighted by Gasteiger charge is -2.11. The van der Waals surface area contributed by atoms with E-state index in [2.05, 4.69) is 15.5 Å². The maximum absolute atomic E-state index is 12.4. The van der Waals surface area contributed by atoms with Gasteiger partial charge in [-0.3, -0.25) is 10.1 Å². The number of carbonyl (C=O) groups excluding carboxylic acids is 1. The van der Waals surface area contributed by atoms with E-state index >= 15 is 0 Å². The molecule has 1 heterocycles. The molecule has 0 bridgehead atoms. The minimum Gasteiger partial charge on any atom is -0.493 e. The molecule has 1 aromatic heterocycles. The number of ether oxygens (including phenoxy) is 3. The number of nitriles is 1. The minimum atomic E-state index is -0.530. The molecule has 170 valence electrons. The van der Waals surface area contributed by atoms with E-state index in [1.807, 2.05) is 44.2 Å². The van der Waals surface area contributed by atoms with E-state index in [-0.39, 0.29) is 11.5 Å². The summed E-state index contributed by atoms with van der Waals surface area (Å²) in [6, 6.07) is 16.4. The molecule has 0 saturated carbocycles. The number of hydrogen-bond donors (Lipinski definition) is 1. The van der Waals surface area contributed by atoms with Crippen LogP contribution in [-0.4, -0.2) is 36.4 Å². The van der Waals surface area contributed by atoms with Gasteiger partial charge < -0.3 is 14.2 Å². The molecule has 3 aromatic rings. The monoisotopic (exact) mass is 464 g/mol. The smallest absolute Gasteiger partial charge is 0.268 e. The molecule has 33 heavy (non-hydrogen) atoms. The normalized spacial score (nSPS) is 11.1. The Morgan fingerprint density at radius 2 is 1.79 bits per heavy atom. The molecule has 3 rings (SSSR count). The summed E-state index contributed by atoms with van der Waals surface area (Å²) in [7, 11) is 1.59. The van der Waals surface area contributed by atoms with Gasteiger partial charge in [0.25, 0.3) is 5.91 Å². The third kappa shape index (κ3) is 6.79. The minimum absolute atomic E-state index is 0.0322. The Balaban J connectivity index is 1.53. The van der Waals surface area contributed by atoms with Crippen molar-refractivity contribution in [2.24, 2.45) is 0 Å². The van der Waals surface area contributed by atoms with Gasteiger partial charge in [-0.2, -0.15) is 5.26 Å². The number of aromatic nitrogens is 2. The van der Waals surface area contributed by atoms with E-state index in [0.717, 1.165) is 5.01 Å². The first kappa shape index (κ1) is 23.8. The average Bonchev–Trinajstić information content (AvgIpc) is 3.30. The third-order valence-corrected chi connectivity index (χ3v) is 5.53. The number of anilines is 1. The van der Waals surface area contributed by atoms with Gasteiger partial charge in [0.1, 0.15) is 35.6 Å². The highest BCUT2D eigenvalue weighted by Crippen LogP contribution is 2.26. The summed E-state index contributed by atoms with van der Waals surface area (Å²) < 4.78 is 16.6. The number of benzene rings is 2. The SMILES string of the molecule is COc1ccccc1OCCOc1ccc(/C=C(/C#N)C(=O)Nc2nnc(C(C)C)s2)cc1. The van der Waals surface area contributed by atoms with Crippen LogP contribution in [-0.2, 0) is 4.79 Å². The molecule has 1 N–H and O–H groups in total. The number of amides is 1. The van der Waals surface area contributed by atoms with Crippen LogP contribution in [0, 0.1) is 11.3 Å². The summed E-state index contributed by atoms with van der Waals surface area (Å²) in [5, 5.41) is 21.2. The Bertz CT molecular complexity index is 1150. The van der Waals surface area contributed by atoms with Crippen LogP contribution in [0.5, 0.6) is 17.2 Å². The molecule has 0 radical (unpaired) electrons. The molecule has 0 saturated heterocycles. The molecule has 9 heteroatoms. The topological polar surface area (TPSA) is 106 Å². The zero-order valence-corrected chi connectivity index (χ0v) is 19.4. The third-order valence-electron chi connectivity index (χ3n) is 4.39. The number of rotatable bonds is 10. The second kappa shape index (κ2) is 11.6. The van der Waals surface area contributed by atoms with Crippen molar-refractivity contribution in [3.8, 4) is 23.3 Å². The molecule has 0 unspecified atom stereocenters. The molecule has 0 aliphatic carbocycles. The van der Waals surface area contributed by atoms with E-state index in [1.54, 1.807) is 31.4 Å². The summed E-state index contributed by atoms with van der Waals surface area (Å²) in [5.41, 5.74) is 0.662. The first-order chi connectivity index (χ1) is 16.0. The lowest BCUT2D eigenvalue weighted by atomic mass is 10.1. The fourth-order valence-electron chi connectivity index (χ4n) is 2.71. The number of para-hydroxylation sites is 2.